The number of rotatable bonds is 3. The summed E-state index contributed by atoms with van der Waals surface area (Å²) in [6.45, 7) is 1.39. The first-order chi connectivity index (χ1) is 10.9. The molecule has 0 spiro atoms. The van der Waals surface area contributed by atoms with Crippen molar-refractivity contribution in [3.63, 3.8) is 0 Å². The lowest BCUT2D eigenvalue weighted by molar-refractivity contribution is -0.141. The Hall–Kier alpha value is -1.77. The zero-order valence-electron chi connectivity index (χ0n) is 12.5. The number of hydrogen-bond donors (Lipinski definition) is 1. The van der Waals surface area contributed by atoms with E-state index in [0.29, 0.717) is 25.9 Å². The van der Waals surface area contributed by atoms with Gasteiger partial charge in [0.1, 0.15) is 5.60 Å². The fourth-order valence-corrected chi connectivity index (χ4v) is 4.48. The zero-order valence-corrected chi connectivity index (χ0v) is 13.3. The lowest BCUT2D eigenvalue weighted by atomic mass is 10.2. The molecule has 3 aliphatic rings. The number of sulfonamides is 1. The van der Waals surface area contributed by atoms with Crippen LogP contribution in [0, 0.1) is 0 Å². The molecule has 1 fully saturated rings. The maximum Gasteiger partial charge on any atom is 0.261 e. The number of aliphatic hydroxyl groups is 1. The van der Waals surface area contributed by atoms with Crippen LogP contribution in [0.25, 0.3) is 0 Å². The summed E-state index contributed by atoms with van der Waals surface area (Å²) in [6, 6.07) is 4.80. The molecule has 7 nitrogen and oxygen atoms in total. The number of carbonyl (C=O) groups excluding carboxylic acids is 1. The van der Waals surface area contributed by atoms with Gasteiger partial charge in [-0.15, -0.1) is 0 Å². The van der Waals surface area contributed by atoms with Gasteiger partial charge in [0, 0.05) is 32.4 Å². The first-order valence-corrected chi connectivity index (χ1v) is 8.97. The molecule has 1 amide bonds. The standard InChI is InChI=1S/C15H17N3O4S/c19-14(15(20)4-5-15)17-7-11-9-18(10-12(11)8-17)23(21,22)13-3-1-2-6-16-13/h1-3,6,20H,4-5,7-10H2. The highest BCUT2D eigenvalue weighted by Gasteiger charge is 2.51. The van der Waals surface area contributed by atoms with Gasteiger partial charge in [0.2, 0.25) is 0 Å². The summed E-state index contributed by atoms with van der Waals surface area (Å²) in [6.07, 6.45) is 2.50. The Morgan fingerprint density at radius 3 is 2.30 bits per heavy atom. The topological polar surface area (TPSA) is 90.8 Å². The Morgan fingerprint density at radius 1 is 1.13 bits per heavy atom. The molecular weight excluding hydrogens is 318 g/mol. The minimum absolute atomic E-state index is 0.0430. The molecule has 1 saturated carbocycles. The Bertz CT molecular complexity index is 781. The highest BCUT2D eigenvalue weighted by molar-refractivity contribution is 7.89. The molecule has 0 saturated heterocycles. The molecule has 3 heterocycles. The molecule has 0 aromatic carbocycles. The summed E-state index contributed by atoms with van der Waals surface area (Å²) in [4.78, 5) is 17.7. The molecule has 2 aliphatic heterocycles. The summed E-state index contributed by atoms with van der Waals surface area (Å²) >= 11 is 0. The average molecular weight is 335 g/mol. The molecule has 122 valence electrons. The van der Waals surface area contributed by atoms with Crippen LogP contribution in [0.2, 0.25) is 0 Å². The zero-order chi connectivity index (χ0) is 16.2. The van der Waals surface area contributed by atoms with Gasteiger partial charge in [-0.2, -0.15) is 4.31 Å². The molecule has 4 rings (SSSR count). The van der Waals surface area contributed by atoms with Crippen molar-refractivity contribution < 1.29 is 18.3 Å². The monoisotopic (exact) mass is 335 g/mol. The molecule has 0 radical (unpaired) electrons. The van der Waals surface area contributed by atoms with E-state index < -0.39 is 15.6 Å². The number of nitrogens with zero attached hydrogens (tertiary/aromatic N) is 3. The van der Waals surface area contributed by atoms with Crippen molar-refractivity contribution in [3.05, 3.63) is 35.5 Å². The van der Waals surface area contributed by atoms with Crippen molar-refractivity contribution in [1.82, 2.24) is 14.2 Å². The van der Waals surface area contributed by atoms with Crippen LogP contribution in [-0.4, -0.2) is 65.4 Å². The van der Waals surface area contributed by atoms with Crippen molar-refractivity contribution in [2.75, 3.05) is 26.2 Å². The summed E-state index contributed by atoms with van der Waals surface area (Å²) in [5.74, 6) is -0.231. The van der Waals surface area contributed by atoms with E-state index in [4.69, 9.17) is 0 Å². The Morgan fingerprint density at radius 2 is 1.78 bits per heavy atom. The first kappa shape index (κ1) is 14.8. The third-order valence-electron chi connectivity index (χ3n) is 4.65. The number of carbonyl (C=O) groups is 1. The van der Waals surface area contributed by atoms with Gasteiger partial charge >= 0.3 is 0 Å². The third kappa shape index (κ3) is 2.37. The molecule has 0 unspecified atom stereocenters. The summed E-state index contributed by atoms with van der Waals surface area (Å²) < 4.78 is 26.5. The molecule has 0 bridgehead atoms. The van der Waals surface area contributed by atoms with Crippen molar-refractivity contribution in [2.45, 2.75) is 23.5 Å². The fraction of sp³-hybridized carbons (Fsp3) is 0.467. The van der Waals surface area contributed by atoms with Crippen LogP contribution in [0.15, 0.2) is 40.6 Å². The van der Waals surface area contributed by atoms with Crippen molar-refractivity contribution in [3.8, 4) is 0 Å². The van der Waals surface area contributed by atoms with Crippen LogP contribution in [0.3, 0.4) is 0 Å². The molecule has 1 N–H and O–H groups in total. The Kier molecular flexibility index (Phi) is 3.13. The van der Waals surface area contributed by atoms with E-state index >= 15 is 0 Å². The summed E-state index contributed by atoms with van der Waals surface area (Å²) in [5.41, 5.74) is 0.753. The largest absolute Gasteiger partial charge is 0.380 e. The maximum absolute atomic E-state index is 12.6. The second kappa shape index (κ2) is 4.86. The molecule has 1 aromatic rings. The van der Waals surface area contributed by atoms with Gasteiger partial charge in [-0.3, -0.25) is 4.79 Å². The molecule has 1 aromatic heterocycles. The highest BCUT2D eigenvalue weighted by atomic mass is 32.2. The van der Waals surface area contributed by atoms with E-state index in [1.807, 2.05) is 0 Å². The Balaban J connectivity index is 1.46. The quantitative estimate of drug-likeness (QED) is 0.769. The van der Waals surface area contributed by atoms with E-state index in [1.54, 1.807) is 17.0 Å². The molecular formula is C15H17N3O4S. The number of pyridine rings is 1. The van der Waals surface area contributed by atoms with E-state index in [2.05, 4.69) is 4.98 Å². The number of hydrogen-bond acceptors (Lipinski definition) is 5. The van der Waals surface area contributed by atoms with Crippen molar-refractivity contribution >= 4 is 15.9 Å². The van der Waals surface area contributed by atoms with Gasteiger partial charge in [-0.05, 0) is 36.1 Å². The molecule has 8 heteroatoms. The maximum atomic E-state index is 12.6. The van der Waals surface area contributed by atoms with Gasteiger partial charge < -0.3 is 10.0 Å². The lowest BCUT2D eigenvalue weighted by Gasteiger charge is -2.24. The fourth-order valence-electron chi connectivity index (χ4n) is 3.12. The van der Waals surface area contributed by atoms with E-state index in [-0.39, 0.29) is 24.0 Å². The smallest absolute Gasteiger partial charge is 0.261 e. The average Bonchev–Trinajstić information content (AvgIpc) is 2.98. The van der Waals surface area contributed by atoms with Gasteiger partial charge in [0.25, 0.3) is 15.9 Å². The predicted molar refractivity (Wildman–Crippen MR) is 80.8 cm³/mol. The minimum Gasteiger partial charge on any atom is -0.380 e. The Labute approximate surface area is 134 Å². The summed E-state index contributed by atoms with van der Waals surface area (Å²) in [5, 5.41) is 9.97. The van der Waals surface area contributed by atoms with Crippen LogP contribution in [0.1, 0.15) is 12.8 Å². The van der Waals surface area contributed by atoms with Crippen molar-refractivity contribution in [1.29, 1.82) is 0 Å². The highest BCUT2D eigenvalue weighted by Crippen LogP contribution is 2.39. The molecule has 1 aliphatic carbocycles. The lowest BCUT2D eigenvalue weighted by Crippen LogP contribution is -2.42. The van der Waals surface area contributed by atoms with Crippen molar-refractivity contribution in [2.24, 2.45) is 0 Å². The minimum atomic E-state index is -3.61. The van der Waals surface area contributed by atoms with E-state index in [0.717, 1.165) is 11.1 Å². The van der Waals surface area contributed by atoms with Crippen LogP contribution >= 0.6 is 0 Å². The van der Waals surface area contributed by atoms with Crippen LogP contribution in [0.4, 0.5) is 0 Å². The second-order valence-electron chi connectivity index (χ2n) is 6.34. The normalized spacial score (nSPS) is 23.3. The SMILES string of the molecule is O=C(N1CC2=C(C1)CN(S(=O)(=O)c1ccccn1)C2)C1(O)CC1. The number of aromatic nitrogens is 1. The van der Waals surface area contributed by atoms with Gasteiger partial charge in [0.05, 0.1) is 0 Å². The van der Waals surface area contributed by atoms with Crippen LogP contribution in [0.5, 0.6) is 0 Å². The van der Waals surface area contributed by atoms with Crippen LogP contribution in [-0.2, 0) is 14.8 Å². The molecule has 0 atom stereocenters. The summed E-state index contributed by atoms with van der Waals surface area (Å²) in [7, 11) is -3.61. The predicted octanol–water partition coefficient (Wildman–Crippen LogP) is -0.250. The van der Waals surface area contributed by atoms with Gasteiger partial charge in [0.15, 0.2) is 5.03 Å². The first-order valence-electron chi connectivity index (χ1n) is 7.53. The number of amides is 1. The third-order valence-corrected chi connectivity index (χ3v) is 6.36. The van der Waals surface area contributed by atoms with Gasteiger partial charge in [-0.1, -0.05) is 6.07 Å². The van der Waals surface area contributed by atoms with Crippen LogP contribution < -0.4 is 0 Å². The molecule has 23 heavy (non-hydrogen) atoms. The second-order valence-corrected chi connectivity index (χ2v) is 8.23. The van der Waals surface area contributed by atoms with Gasteiger partial charge in [-0.25, -0.2) is 13.4 Å². The van der Waals surface area contributed by atoms with E-state index in [1.165, 1.54) is 16.6 Å². The van der Waals surface area contributed by atoms with E-state index in [9.17, 15) is 18.3 Å².